The Morgan fingerprint density at radius 3 is 2.92 bits per heavy atom. The normalized spacial score (nSPS) is 17.0. The van der Waals surface area contributed by atoms with Gasteiger partial charge in [0.15, 0.2) is 0 Å². The lowest BCUT2D eigenvalue weighted by Gasteiger charge is -2.25. The highest BCUT2D eigenvalue weighted by Gasteiger charge is 2.25. The summed E-state index contributed by atoms with van der Waals surface area (Å²) in [6.45, 7) is 1.73. The van der Waals surface area contributed by atoms with E-state index in [1.165, 1.54) is 0 Å². The largest absolute Gasteiger partial charge is 0.315 e. The van der Waals surface area contributed by atoms with Crippen LogP contribution in [0, 0.1) is 5.92 Å². The molecule has 1 aliphatic heterocycles. The van der Waals surface area contributed by atoms with E-state index in [9.17, 15) is 4.79 Å². The van der Waals surface area contributed by atoms with Crippen molar-refractivity contribution in [1.29, 1.82) is 0 Å². The van der Waals surface area contributed by atoms with E-state index in [-0.39, 0.29) is 5.92 Å². The van der Waals surface area contributed by atoms with Gasteiger partial charge in [-0.15, -0.1) is 11.3 Å². The van der Waals surface area contributed by atoms with Gasteiger partial charge in [0.25, 0.3) is 0 Å². The Labute approximate surface area is 89.5 Å². The Bertz CT molecular complexity index is 319. The molecular weight excluding hydrogens is 250 g/mol. The van der Waals surface area contributed by atoms with Gasteiger partial charge in [-0.2, -0.15) is 0 Å². The summed E-state index contributed by atoms with van der Waals surface area (Å²) < 4.78 is 1.07. The molecule has 0 radical (unpaired) electrons. The Balaban J connectivity index is 1.97. The van der Waals surface area contributed by atoms with Gasteiger partial charge >= 0.3 is 0 Å². The summed E-state index contributed by atoms with van der Waals surface area (Å²) in [4.78, 5) is 12.7. The molecule has 0 bridgehead atoms. The third kappa shape index (κ3) is 2.00. The van der Waals surface area contributed by atoms with E-state index in [1.54, 1.807) is 11.3 Å². The first-order chi connectivity index (χ1) is 6.27. The molecule has 1 aliphatic rings. The van der Waals surface area contributed by atoms with Gasteiger partial charge in [-0.3, -0.25) is 4.79 Å². The van der Waals surface area contributed by atoms with Crippen molar-refractivity contribution >= 4 is 33.0 Å². The molecule has 0 atom stereocenters. The SMILES string of the molecule is O=C(Cc1sccc1Br)C1CNC1. The molecule has 1 saturated heterocycles. The molecule has 0 aliphatic carbocycles. The molecule has 13 heavy (non-hydrogen) atoms. The van der Waals surface area contributed by atoms with Crippen molar-refractivity contribution in [2.75, 3.05) is 13.1 Å². The fraction of sp³-hybridized carbons (Fsp3) is 0.444. The second kappa shape index (κ2) is 3.90. The smallest absolute Gasteiger partial charge is 0.143 e. The molecule has 70 valence electrons. The summed E-state index contributed by atoms with van der Waals surface area (Å²) >= 11 is 5.07. The quantitative estimate of drug-likeness (QED) is 0.898. The van der Waals surface area contributed by atoms with E-state index in [1.807, 2.05) is 11.4 Å². The summed E-state index contributed by atoms with van der Waals surface area (Å²) in [6, 6.07) is 1.99. The van der Waals surface area contributed by atoms with Crippen molar-refractivity contribution in [3.63, 3.8) is 0 Å². The molecule has 1 aromatic rings. The molecule has 0 spiro atoms. The maximum absolute atomic E-state index is 11.6. The zero-order valence-electron chi connectivity index (χ0n) is 7.05. The molecule has 1 fully saturated rings. The van der Waals surface area contributed by atoms with Gasteiger partial charge in [0, 0.05) is 34.8 Å². The number of thiophene rings is 1. The van der Waals surface area contributed by atoms with E-state index in [2.05, 4.69) is 21.2 Å². The standard InChI is InChI=1S/C9H10BrNOS/c10-7-1-2-13-9(7)3-8(12)6-4-11-5-6/h1-2,6,11H,3-5H2. The average molecular weight is 260 g/mol. The van der Waals surface area contributed by atoms with Crippen molar-refractivity contribution in [3.05, 3.63) is 20.8 Å². The third-order valence-electron chi connectivity index (χ3n) is 2.26. The number of nitrogens with one attached hydrogen (secondary N) is 1. The lowest BCUT2D eigenvalue weighted by molar-refractivity contribution is -0.123. The molecule has 2 nitrogen and oxygen atoms in total. The van der Waals surface area contributed by atoms with E-state index in [0.29, 0.717) is 12.2 Å². The van der Waals surface area contributed by atoms with E-state index in [0.717, 1.165) is 22.4 Å². The van der Waals surface area contributed by atoms with E-state index in [4.69, 9.17) is 0 Å². The Morgan fingerprint density at radius 2 is 2.46 bits per heavy atom. The average Bonchev–Trinajstić information content (AvgIpc) is 2.32. The van der Waals surface area contributed by atoms with Crippen LogP contribution in [0.1, 0.15) is 4.88 Å². The fourth-order valence-corrected chi connectivity index (χ4v) is 2.77. The summed E-state index contributed by atoms with van der Waals surface area (Å²) in [7, 11) is 0. The second-order valence-electron chi connectivity index (χ2n) is 3.19. The number of carbonyl (C=O) groups is 1. The fourth-order valence-electron chi connectivity index (χ4n) is 1.27. The number of halogens is 1. The number of ketones is 1. The number of Topliss-reactive ketones (excluding diaryl/α,β-unsaturated/α-hetero) is 1. The van der Waals surface area contributed by atoms with Crippen molar-refractivity contribution < 1.29 is 4.79 Å². The minimum absolute atomic E-state index is 0.258. The molecule has 0 amide bonds. The van der Waals surface area contributed by atoms with Gasteiger partial charge < -0.3 is 5.32 Å². The summed E-state index contributed by atoms with van der Waals surface area (Å²) in [5, 5.41) is 5.11. The third-order valence-corrected chi connectivity index (χ3v) is 4.19. The molecule has 2 heterocycles. The highest BCUT2D eigenvalue weighted by molar-refractivity contribution is 9.10. The van der Waals surface area contributed by atoms with Gasteiger partial charge in [0.05, 0.1) is 0 Å². The van der Waals surface area contributed by atoms with Crippen LogP contribution in [-0.4, -0.2) is 18.9 Å². The van der Waals surface area contributed by atoms with Crippen LogP contribution in [-0.2, 0) is 11.2 Å². The maximum Gasteiger partial charge on any atom is 0.143 e. The van der Waals surface area contributed by atoms with Crippen molar-refractivity contribution in [3.8, 4) is 0 Å². The van der Waals surface area contributed by atoms with Crippen LogP contribution in [0.2, 0.25) is 0 Å². The molecule has 0 saturated carbocycles. The van der Waals surface area contributed by atoms with Crippen molar-refractivity contribution in [2.24, 2.45) is 5.92 Å². The van der Waals surface area contributed by atoms with Crippen LogP contribution in [0.3, 0.4) is 0 Å². The first-order valence-electron chi connectivity index (χ1n) is 4.22. The lowest BCUT2D eigenvalue weighted by Crippen LogP contribution is -2.47. The van der Waals surface area contributed by atoms with Gasteiger partial charge in [-0.25, -0.2) is 0 Å². The Kier molecular flexibility index (Phi) is 2.81. The lowest BCUT2D eigenvalue weighted by atomic mass is 9.95. The van der Waals surface area contributed by atoms with Gasteiger partial charge in [-0.1, -0.05) is 0 Å². The molecule has 0 unspecified atom stereocenters. The predicted molar refractivity (Wildman–Crippen MR) is 57.1 cm³/mol. The Morgan fingerprint density at radius 1 is 1.69 bits per heavy atom. The summed E-state index contributed by atoms with van der Waals surface area (Å²) in [5.41, 5.74) is 0. The zero-order chi connectivity index (χ0) is 9.26. The van der Waals surface area contributed by atoms with Crippen LogP contribution in [0.25, 0.3) is 0 Å². The second-order valence-corrected chi connectivity index (χ2v) is 5.04. The predicted octanol–water partition coefficient (Wildman–Crippen LogP) is 1.84. The monoisotopic (exact) mass is 259 g/mol. The highest BCUT2D eigenvalue weighted by atomic mass is 79.9. The topological polar surface area (TPSA) is 29.1 Å². The first-order valence-corrected chi connectivity index (χ1v) is 5.90. The number of hydrogen-bond donors (Lipinski definition) is 1. The molecule has 2 rings (SSSR count). The highest BCUT2D eigenvalue weighted by Crippen LogP contribution is 2.24. The van der Waals surface area contributed by atoms with Crippen LogP contribution >= 0.6 is 27.3 Å². The maximum atomic E-state index is 11.6. The van der Waals surface area contributed by atoms with Crippen LogP contribution in [0.5, 0.6) is 0 Å². The molecule has 1 N–H and O–H groups in total. The zero-order valence-corrected chi connectivity index (χ0v) is 9.45. The summed E-state index contributed by atoms with van der Waals surface area (Å²) in [5.74, 6) is 0.621. The minimum atomic E-state index is 0.258. The number of rotatable bonds is 3. The minimum Gasteiger partial charge on any atom is -0.315 e. The summed E-state index contributed by atoms with van der Waals surface area (Å²) in [6.07, 6.45) is 0.588. The molecular formula is C9H10BrNOS. The first kappa shape index (κ1) is 9.37. The van der Waals surface area contributed by atoms with E-state index >= 15 is 0 Å². The molecule has 1 aromatic heterocycles. The van der Waals surface area contributed by atoms with Crippen LogP contribution in [0.15, 0.2) is 15.9 Å². The molecule has 0 aromatic carbocycles. The van der Waals surface area contributed by atoms with Gasteiger partial charge in [-0.05, 0) is 27.4 Å². The van der Waals surface area contributed by atoms with Crippen molar-refractivity contribution in [1.82, 2.24) is 5.32 Å². The van der Waals surface area contributed by atoms with Gasteiger partial charge in [0.2, 0.25) is 0 Å². The number of hydrogen-bond acceptors (Lipinski definition) is 3. The van der Waals surface area contributed by atoms with Gasteiger partial charge in [0.1, 0.15) is 5.78 Å². The Hall–Kier alpha value is -0.190. The van der Waals surface area contributed by atoms with Crippen LogP contribution in [0.4, 0.5) is 0 Å². The molecule has 4 heteroatoms. The van der Waals surface area contributed by atoms with Crippen LogP contribution < -0.4 is 5.32 Å². The number of carbonyl (C=O) groups excluding carboxylic acids is 1. The van der Waals surface area contributed by atoms with E-state index < -0.39 is 0 Å². The van der Waals surface area contributed by atoms with Crippen molar-refractivity contribution in [2.45, 2.75) is 6.42 Å².